The summed E-state index contributed by atoms with van der Waals surface area (Å²) in [5.41, 5.74) is 5.44. The maximum absolute atomic E-state index is 11.4. The predicted molar refractivity (Wildman–Crippen MR) is 103 cm³/mol. The van der Waals surface area contributed by atoms with Crippen molar-refractivity contribution in [1.29, 1.82) is 0 Å². The number of allylic oxidation sites excluding steroid dienone is 1. The molecule has 2 aromatic heterocycles. The molecule has 5 nitrogen and oxygen atoms in total. The highest BCUT2D eigenvalue weighted by Crippen LogP contribution is 2.34. The first-order valence-electron chi connectivity index (χ1n) is 8.42. The van der Waals surface area contributed by atoms with E-state index in [4.69, 9.17) is 11.6 Å². The number of aromatic nitrogens is 2. The number of fused-ring (bicyclic) bond motifs is 3. The van der Waals surface area contributed by atoms with Gasteiger partial charge in [0.2, 0.25) is 0 Å². The molecule has 0 spiro atoms. The van der Waals surface area contributed by atoms with Gasteiger partial charge in [-0.3, -0.25) is 4.98 Å². The zero-order valence-corrected chi connectivity index (χ0v) is 15.1. The van der Waals surface area contributed by atoms with Crippen LogP contribution in [0.3, 0.4) is 0 Å². The van der Waals surface area contributed by atoms with E-state index in [0.29, 0.717) is 24.5 Å². The van der Waals surface area contributed by atoms with Crippen LogP contribution in [0.15, 0.2) is 42.7 Å². The largest absolute Gasteiger partial charge is 0.465 e. The third kappa shape index (κ3) is 2.84. The van der Waals surface area contributed by atoms with Crippen molar-refractivity contribution in [1.82, 2.24) is 14.5 Å². The van der Waals surface area contributed by atoms with Crippen molar-refractivity contribution in [2.45, 2.75) is 19.9 Å². The Morgan fingerprint density at radius 2 is 2.04 bits per heavy atom. The van der Waals surface area contributed by atoms with Crippen LogP contribution >= 0.6 is 11.6 Å². The number of benzene rings is 1. The van der Waals surface area contributed by atoms with Crippen molar-refractivity contribution in [2.75, 3.05) is 6.54 Å². The minimum absolute atomic E-state index is 0.386. The highest BCUT2D eigenvalue weighted by molar-refractivity contribution is 6.31. The van der Waals surface area contributed by atoms with Gasteiger partial charge in [-0.25, -0.2) is 4.79 Å². The summed E-state index contributed by atoms with van der Waals surface area (Å²) < 4.78 is 2.18. The van der Waals surface area contributed by atoms with Gasteiger partial charge < -0.3 is 14.6 Å². The number of amides is 1. The summed E-state index contributed by atoms with van der Waals surface area (Å²) in [6, 6.07) is 9.75. The van der Waals surface area contributed by atoms with E-state index >= 15 is 0 Å². The number of carboxylic acid groups (broad SMARTS) is 1. The highest BCUT2D eigenvalue weighted by Gasteiger charge is 2.26. The van der Waals surface area contributed by atoms with Gasteiger partial charge >= 0.3 is 6.09 Å². The van der Waals surface area contributed by atoms with Gasteiger partial charge in [-0.05, 0) is 48.4 Å². The second-order valence-corrected chi connectivity index (χ2v) is 6.90. The van der Waals surface area contributed by atoms with E-state index in [0.717, 1.165) is 33.3 Å². The normalized spacial score (nSPS) is 14.5. The first-order chi connectivity index (χ1) is 12.5. The number of hydrogen-bond donors (Lipinski definition) is 1. The van der Waals surface area contributed by atoms with Crippen molar-refractivity contribution in [3.8, 4) is 0 Å². The topological polar surface area (TPSA) is 58.4 Å². The van der Waals surface area contributed by atoms with Crippen molar-refractivity contribution in [3.63, 3.8) is 0 Å². The molecular weight excluding hydrogens is 350 g/mol. The molecule has 0 radical (unpaired) electrons. The number of pyridine rings is 1. The number of nitrogens with zero attached hydrogens (tertiary/aromatic N) is 3. The average molecular weight is 368 g/mol. The quantitative estimate of drug-likeness (QED) is 0.711. The molecule has 0 aliphatic carbocycles. The minimum Gasteiger partial charge on any atom is -0.465 e. The molecule has 1 N–H and O–H groups in total. The van der Waals surface area contributed by atoms with Gasteiger partial charge in [0.1, 0.15) is 0 Å². The summed E-state index contributed by atoms with van der Waals surface area (Å²) in [5.74, 6) is 0. The van der Waals surface area contributed by atoms with Gasteiger partial charge in [0.15, 0.2) is 0 Å². The lowest BCUT2D eigenvalue weighted by molar-refractivity contribution is 0.140. The maximum atomic E-state index is 11.4. The van der Waals surface area contributed by atoms with E-state index in [2.05, 4.69) is 22.7 Å². The second kappa shape index (κ2) is 6.50. The van der Waals surface area contributed by atoms with E-state index in [1.54, 1.807) is 12.4 Å². The molecule has 4 rings (SSSR count). The summed E-state index contributed by atoms with van der Waals surface area (Å²) in [6.45, 7) is 2.95. The third-order valence-corrected chi connectivity index (χ3v) is 5.11. The van der Waals surface area contributed by atoms with Gasteiger partial charge in [-0.15, -0.1) is 0 Å². The van der Waals surface area contributed by atoms with Gasteiger partial charge in [-0.2, -0.15) is 0 Å². The second-order valence-electron chi connectivity index (χ2n) is 6.46. The molecule has 0 atom stereocenters. The minimum atomic E-state index is -0.887. The molecule has 1 aliphatic heterocycles. The molecule has 6 heteroatoms. The number of carbonyl (C=O) groups is 1. The summed E-state index contributed by atoms with van der Waals surface area (Å²) in [4.78, 5) is 16.9. The van der Waals surface area contributed by atoms with Crippen LogP contribution < -0.4 is 0 Å². The molecule has 1 aliphatic rings. The highest BCUT2D eigenvalue weighted by atomic mass is 35.5. The van der Waals surface area contributed by atoms with E-state index in [9.17, 15) is 9.90 Å². The average Bonchev–Trinajstić information content (AvgIpc) is 2.95. The fourth-order valence-electron chi connectivity index (χ4n) is 3.56. The Bertz CT molecular complexity index is 1020. The molecule has 0 unspecified atom stereocenters. The van der Waals surface area contributed by atoms with Gasteiger partial charge in [0.25, 0.3) is 0 Å². The molecule has 0 bridgehead atoms. The predicted octanol–water partition coefficient (Wildman–Crippen LogP) is 4.74. The summed E-state index contributed by atoms with van der Waals surface area (Å²) in [6.07, 6.45) is 5.46. The Morgan fingerprint density at radius 3 is 2.77 bits per heavy atom. The first kappa shape index (κ1) is 16.7. The zero-order valence-electron chi connectivity index (χ0n) is 14.3. The lowest BCUT2D eigenvalue weighted by atomic mass is 10.0. The standard InChI is InChI=1S/C20H18ClN3O2/c1-13(14-4-7-22-8-5-14)11-24-18-3-2-15(21)10-16(18)17-12-23(20(25)26)9-6-19(17)24/h2-5,7-8,10-11H,6,9,12H2,1H3,(H,25,26)/b13-11+. The maximum Gasteiger partial charge on any atom is 0.407 e. The Morgan fingerprint density at radius 1 is 1.27 bits per heavy atom. The molecule has 3 aromatic rings. The molecule has 0 saturated carbocycles. The third-order valence-electron chi connectivity index (χ3n) is 4.88. The van der Waals surface area contributed by atoms with Crippen molar-refractivity contribution < 1.29 is 9.90 Å². The monoisotopic (exact) mass is 367 g/mol. The van der Waals surface area contributed by atoms with Crippen LogP contribution in [-0.4, -0.2) is 32.2 Å². The lowest BCUT2D eigenvalue weighted by Crippen LogP contribution is -2.34. The number of halogens is 1. The van der Waals surface area contributed by atoms with Crippen LogP contribution in [0.5, 0.6) is 0 Å². The lowest BCUT2D eigenvalue weighted by Gasteiger charge is -2.25. The summed E-state index contributed by atoms with van der Waals surface area (Å²) in [7, 11) is 0. The molecule has 1 amide bonds. The van der Waals surface area contributed by atoms with Crippen LogP contribution in [-0.2, 0) is 13.0 Å². The molecular formula is C20H18ClN3O2. The fraction of sp³-hybridized carbons (Fsp3) is 0.200. The Balaban J connectivity index is 1.89. The molecule has 0 fully saturated rings. The van der Waals surface area contributed by atoms with Crippen LogP contribution in [0.2, 0.25) is 5.02 Å². The van der Waals surface area contributed by atoms with E-state index in [-0.39, 0.29) is 0 Å². The Labute approximate surface area is 156 Å². The zero-order chi connectivity index (χ0) is 18.3. The molecule has 26 heavy (non-hydrogen) atoms. The first-order valence-corrected chi connectivity index (χ1v) is 8.80. The Hall–Kier alpha value is -2.79. The van der Waals surface area contributed by atoms with E-state index in [1.165, 1.54) is 4.90 Å². The van der Waals surface area contributed by atoms with Gasteiger partial charge in [-0.1, -0.05) is 11.6 Å². The van der Waals surface area contributed by atoms with Crippen LogP contribution in [0, 0.1) is 0 Å². The number of hydrogen-bond acceptors (Lipinski definition) is 2. The summed E-state index contributed by atoms with van der Waals surface area (Å²) >= 11 is 6.21. The molecule has 0 saturated heterocycles. The fourth-order valence-corrected chi connectivity index (χ4v) is 3.73. The molecule has 132 valence electrons. The molecule has 1 aromatic carbocycles. The smallest absolute Gasteiger partial charge is 0.407 e. The van der Waals surface area contributed by atoms with Crippen LogP contribution in [0.4, 0.5) is 4.79 Å². The van der Waals surface area contributed by atoms with Gasteiger partial charge in [0.05, 0.1) is 12.1 Å². The number of rotatable bonds is 2. The SMILES string of the molecule is C/C(=C\n1c2c(c3cc(Cl)ccc31)CN(C(=O)O)CC2)c1ccncc1. The Kier molecular flexibility index (Phi) is 4.17. The van der Waals surface area contributed by atoms with E-state index < -0.39 is 6.09 Å². The van der Waals surface area contributed by atoms with Crippen LogP contribution in [0.25, 0.3) is 22.7 Å². The summed E-state index contributed by atoms with van der Waals surface area (Å²) in [5, 5.41) is 11.0. The van der Waals surface area contributed by atoms with Crippen LogP contribution in [0.1, 0.15) is 23.7 Å². The van der Waals surface area contributed by atoms with Crippen molar-refractivity contribution in [3.05, 3.63) is 64.6 Å². The molecule has 3 heterocycles. The van der Waals surface area contributed by atoms with Gasteiger partial charge in [0, 0.05) is 53.2 Å². The van der Waals surface area contributed by atoms with Crippen molar-refractivity contribution in [2.24, 2.45) is 0 Å². The van der Waals surface area contributed by atoms with E-state index in [1.807, 2.05) is 30.3 Å². The van der Waals surface area contributed by atoms with Crippen molar-refractivity contribution >= 4 is 40.4 Å².